The van der Waals surface area contributed by atoms with E-state index in [0.717, 1.165) is 77.7 Å². The van der Waals surface area contributed by atoms with Gasteiger partial charge < -0.3 is 24.4 Å². The lowest BCUT2D eigenvalue weighted by Gasteiger charge is -2.63. The lowest BCUT2D eigenvalue weighted by Crippen LogP contribution is -2.74. The van der Waals surface area contributed by atoms with Gasteiger partial charge in [0.25, 0.3) is 5.91 Å². The number of carbonyl (C=O) groups is 2. The number of aromatic nitrogens is 7. The number of ether oxygens (including phenoxy) is 3. The highest BCUT2D eigenvalue weighted by molar-refractivity contribution is 6.31. The summed E-state index contributed by atoms with van der Waals surface area (Å²) in [6.07, 6.45) is 15.0. The first-order chi connectivity index (χ1) is 33.3. The van der Waals surface area contributed by atoms with Crippen LogP contribution in [0.5, 0.6) is 5.75 Å². The second-order valence-corrected chi connectivity index (χ2v) is 20.2. The minimum absolute atomic E-state index is 0.0489. The Morgan fingerprint density at radius 1 is 1.01 bits per heavy atom. The van der Waals surface area contributed by atoms with Crippen molar-refractivity contribution in [1.82, 2.24) is 44.7 Å². The molecule has 2 aromatic carbocycles. The molecule has 4 aromatic heterocycles. The molecular formula is C52H57ClN11O5+. The van der Waals surface area contributed by atoms with Crippen molar-refractivity contribution < 1.29 is 28.4 Å². The third-order valence-electron chi connectivity index (χ3n) is 14.6. The molecule has 10 rings (SSSR count). The SMILES string of the molecule is CC(=O)N1CCc2c(c(-c3cccc4cc(-c5cnn(CCOC6CC=[N+](c7ncc(C(=O)NC8C(C)(C)C(Oc9ccc(C#N)c(Cl)c9)C8(C)C)cn7)CC6)c5)ncc34)nn2C2CCOCC2)C1. The van der Waals surface area contributed by atoms with Crippen LogP contribution in [0.25, 0.3) is 33.3 Å². The van der Waals surface area contributed by atoms with Crippen molar-refractivity contribution in [3.05, 3.63) is 101 Å². The molecule has 6 aromatic rings. The number of carbonyl (C=O) groups excluding carboxylic acids is 2. The number of pyridine rings is 1. The number of amides is 2. The van der Waals surface area contributed by atoms with E-state index in [1.54, 1.807) is 37.5 Å². The molecule has 1 atom stereocenters. The molecule has 17 heteroatoms. The fourth-order valence-corrected chi connectivity index (χ4v) is 11.3. The van der Waals surface area contributed by atoms with E-state index in [-0.39, 0.29) is 36.1 Å². The summed E-state index contributed by atoms with van der Waals surface area (Å²) in [6.45, 7) is 14.4. The molecule has 2 amide bonds. The molecule has 69 heavy (non-hydrogen) atoms. The van der Waals surface area contributed by atoms with Gasteiger partial charge in [0.15, 0.2) is 0 Å². The van der Waals surface area contributed by atoms with Gasteiger partial charge in [-0.3, -0.25) is 23.9 Å². The number of hydrogen-bond donors (Lipinski definition) is 1. The molecule has 4 aliphatic rings. The third-order valence-corrected chi connectivity index (χ3v) is 14.9. The van der Waals surface area contributed by atoms with Gasteiger partial charge in [0.2, 0.25) is 5.91 Å². The van der Waals surface area contributed by atoms with Crippen molar-refractivity contribution in [2.45, 2.75) is 104 Å². The highest BCUT2D eigenvalue weighted by atomic mass is 35.5. The van der Waals surface area contributed by atoms with Crippen molar-refractivity contribution >= 4 is 46.4 Å². The van der Waals surface area contributed by atoms with Crippen LogP contribution >= 0.6 is 11.6 Å². The maximum atomic E-state index is 13.5. The molecule has 0 radical (unpaired) electrons. The predicted octanol–water partition coefficient (Wildman–Crippen LogP) is 7.74. The Labute approximate surface area is 406 Å². The molecule has 2 fully saturated rings. The van der Waals surface area contributed by atoms with Crippen molar-refractivity contribution in [3.8, 4) is 34.3 Å². The molecule has 1 saturated heterocycles. The van der Waals surface area contributed by atoms with Crippen LogP contribution in [0.2, 0.25) is 5.02 Å². The largest absolute Gasteiger partial charge is 0.489 e. The Balaban J connectivity index is 0.727. The number of fused-ring (bicyclic) bond motifs is 2. The van der Waals surface area contributed by atoms with E-state index in [1.807, 2.05) is 32.7 Å². The molecule has 1 aliphatic carbocycles. The van der Waals surface area contributed by atoms with Gasteiger partial charge in [0, 0.05) is 122 Å². The minimum Gasteiger partial charge on any atom is -0.489 e. The van der Waals surface area contributed by atoms with Crippen LogP contribution in [0, 0.1) is 22.2 Å². The Hall–Kier alpha value is -6.54. The number of nitrogens with zero attached hydrogens (tertiary/aromatic N) is 10. The van der Waals surface area contributed by atoms with E-state index >= 15 is 0 Å². The molecule has 1 saturated carbocycles. The van der Waals surface area contributed by atoms with Crippen LogP contribution in [-0.2, 0) is 33.8 Å². The molecule has 356 valence electrons. The fourth-order valence-electron chi connectivity index (χ4n) is 11.1. The third kappa shape index (κ3) is 8.99. The van der Waals surface area contributed by atoms with Crippen molar-refractivity contribution in [2.75, 3.05) is 32.9 Å². The molecular weight excluding hydrogens is 894 g/mol. The maximum absolute atomic E-state index is 13.5. The van der Waals surface area contributed by atoms with Crippen LogP contribution in [0.15, 0.2) is 73.4 Å². The highest BCUT2D eigenvalue weighted by Gasteiger charge is 2.64. The zero-order valence-corrected chi connectivity index (χ0v) is 40.4. The first-order valence-corrected chi connectivity index (χ1v) is 24.2. The number of nitrogens with one attached hydrogen (secondary N) is 1. The quantitative estimate of drug-likeness (QED) is 0.119. The highest BCUT2D eigenvalue weighted by Crippen LogP contribution is 2.55. The Morgan fingerprint density at radius 2 is 1.81 bits per heavy atom. The van der Waals surface area contributed by atoms with Crippen molar-refractivity contribution in [2.24, 2.45) is 10.8 Å². The van der Waals surface area contributed by atoms with Gasteiger partial charge in [0.05, 0.1) is 60.0 Å². The van der Waals surface area contributed by atoms with Gasteiger partial charge >= 0.3 is 5.95 Å². The van der Waals surface area contributed by atoms with E-state index in [0.29, 0.717) is 67.1 Å². The summed E-state index contributed by atoms with van der Waals surface area (Å²) in [4.78, 5) is 41.9. The lowest BCUT2D eigenvalue weighted by atomic mass is 9.49. The van der Waals surface area contributed by atoms with Crippen molar-refractivity contribution in [1.29, 1.82) is 5.26 Å². The molecule has 1 N–H and O–H groups in total. The van der Waals surface area contributed by atoms with Crippen molar-refractivity contribution in [3.63, 3.8) is 0 Å². The normalized spacial score (nSPS) is 20.9. The van der Waals surface area contributed by atoms with Crippen LogP contribution < -0.4 is 10.1 Å². The summed E-state index contributed by atoms with van der Waals surface area (Å²) in [5.41, 5.74) is 6.04. The molecule has 3 aliphatic heterocycles. The van der Waals surface area contributed by atoms with Crippen LogP contribution in [0.3, 0.4) is 0 Å². The van der Waals surface area contributed by atoms with Gasteiger partial charge in [-0.1, -0.05) is 67.5 Å². The Kier molecular flexibility index (Phi) is 12.6. The van der Waals surface area contributed by atoms with Crippen LogP contribution in [-0.4, -0.2) is 113 Å². The zero-order chi connectivity index (χ0) is 48.0. The van der Waals surface area contributed by atoms with Gasteiger partial charge in [0.1, 0.15) is 35.9 Å². The van der Waals surface area contributed by atoms with Crippen LogP contribution in [0.1, 0.15) is 93.5 Å². The summed E-state index contributed by atoms with van der Waals surface area (Å²) >= 11 is 6.26. The van der Waals surface area contributed by atoms with E-state index in [4.69, 9.17) is 35.9 Å². The summed E-state index contributed by atoms with van der Waals surface area (Å²) in [5, 5.41) is 24.8. The number of rotatable bonds is 12. The lowest BCUT2D eigenvalue weighted by molar-refractivity contribution is -0.453. The first kappa shape index (κ1) is 46.2. The van der Waals surface area contributed by atoms with E-state index < -0.39 is 10.8 Å². The smallest absolute Gasteiger partial charge is 0.432 e. The number of benzene rings is 2. The summed E-state index contributed by atoms with van der Waals surface area (Å²) < 4.78 is 24.5. The topological polar surface area (TPSA) is 178 Å². The summed E-state index contributed by atoms with van der Waals surface area (Å²) in [5.74, 6) is 0.949. The number of halogens is 1. The first-order valence-electron chi connectivity index (χ1n) is 23.8. The Morgan fingerprint density at radius 3 is 2.54 bits per heavy atom. The van der Waals surface area contributed by atoms with Gasteiger partial charge in [-0.05, 0) is 36.4 Å². The van der Waals surface area contributed by atoms with Gasteiger partial charge in [-0.25, -0.2) is 4.58 Å². The number of nitriles is 1. The molecule has 0 bridgehead atoms. The van der Waals surface area contributed by atoms with Gasteiger partial charge in [-0.2, -0.15) is 15.5 Å². The average Bonchev–Trinajstić information content (AvgIpc) is 4.00. The fraction of sp³-hybridized carbons (Fsp3) is 0.442. The monoisotopic (exact) mass is 950 g/mol. The van der Waals surface area contributed by atoms with E-state index in [2.05, 4.69) is 89.3 Å². The van der Waals surface area contributed by atoms with E-state index in [9.17, 15) is 14.9 Å². The maximum Gasteiger partial charge on any atom is 0.432 e. The second-order valence-electron chi connectivity index (χ2n) is 19.8. The van der Waals surface area contributed by atoms with Crippen LogP contribution in [0.4, 0.5) is 5.95 Å². The molecule has 16 nitrogen and oxygen atoms in total. The zero-order valence-electron chi connectivity index (χ0n) is 39.7. The minimum atomic E-state index is -0.396. The number of hydrogen-bond acceptors (Lipinski definition) is 11. The molecule has 0 spiro atoms. The van der Waals surface area contributed by atoms with E-state index in [1.165, 1.54) is 5.69 Å². The summed E-state index contributed by atoms with van der Waals surface area (Å²) in [7, 11) is 0. The predicted molar refractivity (Wildman–Crippen MR) is 259 cm³/mol. The molecule has 1 unspecified atom stereocenters. The summed E-state index contributed by atoms with van der Waals surface area (Å²) in [6, 6.07) is 15.6. The second kappa shape index (κ2) is 18.8. The molecule has 7 heterocycles. The standard InChI is InChI=1S/C52H56ClN11O5/c1-32(65)62-18-13-45-42(31-62)46(60-64(45)37-14-20-67-21-15-37)40-8-6-7-33-23-44(55-29-41(33)40)36-28-58-63(30-36)19-22-68-38-11-16-61(17-12-38)50-56-26-35(27-57-50)47(66)59-48-51(2,3)49(52(48,4)5)69-39-10-9-34(25-54)43(53)24-39/h6-10,16,23-24,26-30,37-38,48-49H,11-15,17-22,31H2,1-5H3/p+1. The van der Waals surface area contributed by atoms with Gasteiger partial charge in [-0.15, -0.1) is 0 Å². The Bertz CT molecular complexity index is 2990. The average molecular weight is 952 g/mol.